The molecule has 6 heteroatoms. The molecule has 0 aliphatic carbocycles. The summed E-state index contributed by atoms with van der Waals surface area (Å²) in [5, 5.41) is 8.83. The molecule has 0 spiro atoms. The SMILES string of the molecule is Cc1ccc(CN2CCO[C@@H](c3nnn4cc(-c5ccccc5)ccc34)C2)s1. The van der Waals surface area contributed by atoms with Gasteiger partial charge in [0.25, 0.3) is 0 Å². The molecule has 5 nitrogen and oxygen atoms in total. The quantitative estimate of drug-likeness (QED) is 0.520. The molecule has 142 valence electrons. The first-order valence-electron chi connectivity index (χ1n) is 9.56. The van der Waals surface area contributed by atoms with Gasteiger partial charge in [0.1, 0.15) is 11.8 Å². The van der Waals surface area contributed by atoms with Crippen molar-refractivity contribution in [2.24, 2.45) is 0 Å². The van der Waals surface area contributed by atoms with Crippen LogP contribution < -0.4 is 0 Å². The molecule has 0 N–H and O–H groups in total. The van der Waals surface area contributed by atoms with Crippen molar-refractivity contribution in [3.05, 3.63) is 76.2 Å². The fourth-order valence-electron chi connectivity index (χ4n) is 3.75. The summed E-state index contributed by atoms with van der Waals surface area (Å²) in [6.45, 7) is 5.63. The smallest absolute Gasteiger partial charge is 0.121 e. The van der Waals surface area contributed by atoms with Gasteiger partial charge in [-0.1, -0.05) is 41.6 Å². The van der Waals surface area contributed by atoms with Crippen molar-refractivity contribution in [1.82, 2.24) is 19.7 Å². The molecule has 5 rings (SSSR count). The molecule has 0 radical (unpaired) electrons. The van der Waals surface area contributed by atoms with Crippen LogP contribution in [0.5, 0.6) is 0 Å². The monoisotopic (exact) mass is 390 g/mol. The van der Waals surface area contributed by atoms with Crippen LogP contribution in [-0.2, 0) is 11.3 Å². The summed E-state index contributed by atoms with van der Waals surface area (Å²) in [4.78, 5) is 5.21. The highest BCUT2D eigenvalue weighted by Crippen LogP contribution is 2.28. The minimum absolute atomic E-state index is 0.0464. The Kier molecular flexibility index (Phi) is 4.68. The Morgan fingerprint density at radius 1 is 1.07 bits per heavy atom. The molecule has 1 aliphatic heterocycles. The van der Waals surface area contributed by atoms with E-state index in [1.165, 1.54) is 15.3 Å². The number of aryl methyl sites for hydroxylation is 1. The molecule has 28 heavy (non-hydrogen) atoms. The number of aromatic nitrogens is 3. The van der Waals surface area contributed by atoms with Gasteiger partial charge in [-0.2, -0.15) is 0 Å². The Balaban J connectivity index is 1.38. The second kappa shape index (κ2) is 7.47. The van der Waals surface area contributed by atoms with Gasteiger partial charge >= 0.3 is 0 Å². The van der Waals surface area contributed by atoms with Gasteiger partial charge in [0.15, 0.2) is 0 Å². The van der Waals surface area contributed by atoms with E-state index < -0.39 is 0 Å². The maximum absolute atomic E-state index is 6.06. The third-order valence-corrected chi connectivity index (χ3v) is 6.16. The molecular formula is C22H22N4OS. The third-order valence-electron chi connectivity index (χ3n) is 5.18. The van der Waals surface area contributed by atoms with Crippen LogP contribution in [0, 0.1) is 6.92 Å². The highest BCUT2D eigenvalue weighted by Gasteiger charge is 2.26. The number of hydrogen-bond donors (Lipinski definition) is 0. The summed E-state index contributed by atoms with van der Waals surface area (Å²) in [6, 6.07) is 19.0. The van der Waals surface area contributed by atoms with Crippen molar-refractivity contribution in [3.63, 3.8) is 0 Å². The number of rotatable bonds is 4. The van der Waals surface area contributed by atoms with Crippen LogP contribution in [0.2, 0.25) is 0 Å². The average molecular weight is 391 g/mol. The maximum Gasteiger partial charge on any atom is 0.121 e. The van der Waals surface area contributed by atoms with Crippen LogP contribution in [0.15, 0.2) is 60.8 Å². The fraction of sp³-hybridized carbons (Fsp3) is 0.273. The van der Waals surface area contributed by atoms with E-state index in [0.717, 1.165) is 43.0 Å². The van der Waals surface area contributed by atoms with Crippen molar-refractivity contribution in [2.75, 3.05) is 19.7 Å². The van der Waals surface area contributed by atoms with Crippen LogP contribution in [0.25, 0.3) is 16.6 Å². The van der Waals surface area contributed by atoms with E-state index in [-0.39, 0.29) is 6.10 Å². The van der Waals surface area contributed by atoms with E-state index in [1.54, 1.807) is 0 Å². The second-order valence-electron chi connectivity index (χ2n) is 7.20. The molecule has 0 amide bonds. The van der Waals surface area contributed by atoms with E-state index in [9.17, 15) is 0 Å². The number of morpholine rings is 1. The minimum atomic E-state index is -0.0464. The zero-order chi connectivity index (χ0) is 18.9. The zero-order valence-corrected chi connectivity index (χ0v) is 16.6. The van der Waals surface area contributed by atoms with Gasteiger partial charge in [-0.15, -0.1) is 16.4 Å². The number of ether oxygens (including phenoxy) is 1. The molecule has 4 aromatic rings. The number of pyridine rings is 1. The minimum Gasteiger partial charge on any atom is -0.369 e. The van der Waals surface area contributed by atoms with E-state index in [1.807, 2.05) is 40.2 Å². The molecule has 3 aromatic heterocycles. The molecule has 1 atom stereocenters. The fourth-order valence-corrected chi connectivity index (χ4v) is 4.68. The maximum atomic E-state index is 6.06. The topological polar surface area (TPSA) is 42.7 Å². The summed E-state index contributed by atoms with van der Waals surface area (Å²) in [6.07, 6.45) is 1.99. The Hall–Kier alpha value is -2.54. The lowest BCUT2D eigenvalue weighted by molar-refractivity contribution is -0.0340. The third kappa shape index (κ3) is 3.46. The standard InChI is InChI=1S/C22H22N4OS/c1-16-7-9-19(28-16)14-25-11-12-27-21(15-25)22-20-10-8-18(13-26(20)24-23-22)17-5-3-2-4-6-17/h2-10,13,21H,11-12,14-15H2,1H3/t21-/m1/s1. The van der Waals surface area contributed by atoms with E-state index in [4.69, 9.17) is 4.74 Å². The summed E-state index contributed by atoms with van der Waals surface area (Å²) in [5.41, 5.74) is 4.24. The molecule has 0 saturated carbocycles. The van der Waals surface area contributed by atoms with Crippen LogP contribution in [0.1, 0.15) is 21.6 Å². The summed E-state index contributed by atoms with van der Waals surface area (Å²) < 4.78 is 7.93. The lowest BCUT2D eigenvalue weighted by Gasteiger charge is -2.31. The first-order valence-corrected chi connectivity index (χ1v) is 10.4. The predicted octanol–water partition coefficient (Wildman–Crippen LogP) is 4.34. The Morgan fingerprint density at radius 3 is 2.79 bits per heavy atom. The van der Waals surface area contributed by atoms with Gasteiger partial charge in [-0.25, -0.2) is 4.52 Å². The van der Waals surface area contributed by atoms with Gasteiger partial charge in [0.05, 0.1) is 12.1 Å². The van der Waals surface area contributed by atoms with E-state index >= 15 is 0 Å². The highest BCUT2D eigenvalue weighted by molar-refractivity contribution is 7.11. The summed E-state index contributed by atoms with van der Waals surface area (Å²) >= 11 is 1.87. The Morgan fingerprint density at radius 2 is 1.96 bits per heavy atom. The molecule has 1 saturated heterocycles. The van der Waals surface area contributed by atoms with Gasteiger partial charge in [0.2, 0.25) is 0 Å². The van der Waals surface area contributed by atoms with Gasteiger partial charge in [-0.05, 0) is 30.7 Å². The van der Waals surface area contributed by atoms with Gasteiger partial charge in [-0.3, -0.25) is 4.90 Å². The highest BCUT2D eigenvalue weighted by atomic mass is 32.1. The molecule has 1 aliphatic rings. The molecule has 1 aromatic carbocycles. The van der Waals surface area contributed by atoms with Crippen molar-refractivity contribution < 1.29 is 4.74 Å². The summed E-state index contributed by atoms with van der Waals surface area (Å²) in [5.74, 6) is 0. The van der Waals surface area contributed by atoms with Gasteiger partial charge in [0, 0.05) is 41.1 Å². The molecule has 1 fully saturated rings. The van der Waals surface area contributed by atoms with Crippen LogP contribution in [-0.4, -0.2) is 39.4 Å². The van der Waals surface area contributed by atoms with Crippen molar-refractivity contribution in [1.29, 1.82) is 0 Å². The van der Waals surface area contributed by atoms with Crippen LogP contribution in [0.3, 0.4) is 0 Å². The molecule has 0 unspecified atom stereocenters. The van der Waals surface area contributed by atoms with E-state index in [0.29, 0.717) is 0 Å². The van der Waals surface area contributed by atoms with Crippen LogP contribution in [0.4, 0.5) is 0 Å². The predicted molar refractivity (Wildman–Crippen MR) is 111 cm³/mol. The zero-order valence-electron chi connectivity index (χ0n) is 15.8. The number of thiophene rings is 1. The lowest BCUT2D eigenvalue weighted by atomic mass is 10.1. The van der Waals surface area contributed by atoms with Crippen molar-refractivity contribution in [3.8, 4) is 11.1 Å². The van der Waals surface area contributed by atoms with Crippen LogP contribution >= 0.6 is 11.3 Å². The molecule has 0 bridgehead atoms. The van der Waals surface area contributed by atoms with E-state index in [2.05, 4.69) is 58.5 Å². The first kappa shape index (κ1) is 17.6. The summed E-state index contributed by atoms with van der Waals surface area (Å²) in [7, 11) is 0. The Bertz CT molecular complexity index is 1090. The lowest BCUT2D eigenvalue weighted by Crippen LogP contribution is -2.37. The molecular weight excluding hydrogens is 368 g/mol. The largest absolute Gasteiger partial charge is 0.369 e. The number of hydrogen-bond acceptors (Lipinski definition) is 5. The Labute approximate surface area is 168 Å². The number of benzene rings is 1. The molecule has 4 heterocycles. The first-order chi connectivity index (χ1) is 13.8. The van der Waals surface area contributed by atoms with Crippen molar-refractivity contribution >= 4 is 16.9 Å². The number of fused-ring (bicyclic) bond motifs is 1. The van der Waals surface area contributed by atoms with Gasteiger partial charge < -0.3 is 4.74 Å². The van der Waals surface area contributed by atoms with Crippen molar-refractivity contribution in [2.45, 2.75) is 19.6 Å². The normalized spacial score (nSPS) is 18.0. The average Bonchev–Trinajstić information content (AvgIpc) is 3.34. The number of nitrogens with zero attached hydrogens (tertiary/aromatic N) is 4. The second-order valence-corrected chi connectivity index (χ2v) is 8.57.